The first-order chi connectivity index (χ1) is 13.2. The number of amides is 1. The molecule has 0 radical (unpaired) electrons. The minimum absolute atomic E-state index is 0.0661. The van der Waals surface area contributed by atoms with E-state index in [1.807, 2.05) is 49.5 Å². The lowest BCUT2D eigenvalue weighted by atomic mass is 10.1. The Hall–Kier alpha value is -3.03. The van der Waals surface area contributed by atoms with E-state index in [2.05, 4.69) is 33.2 Å². The minimum Gasteiger partial charge on any atom is -0.346 e. The molecule has 3 rings (SSSR count). The van der Waals surface area contributed by atoms with E-state index < -0.39 is 0 Å². The van der Waals surface area contributed by atoms with Crippen molar-refractivity contribution in [3.8, 4) is 0 Å². The highest BCUT2D eigenvalue weighted by Gasteiger charge is 2.12. The second-order valence-electron chi connectivity index (χ2n) is 6.00. The highest BCUT2D eigenvalue weighted by Crippen LogP contribution is 2.19. The Morgan fingerprint density at radius 1 is 1.19 bits per heavy atom. The van der Waals surface area contributed by atoms with Crippen molar-refractivity contribution in [2.24, 2.45) is 0 Å². The number of nitrogens with zero attached hydrogens (tertiary/aromatic N) is 2. The number of anilines is 1. The van der Waals surface area contributed by atoms with Gasteiger partial charge in [0.2, 0.25) is 6.41 Å². The Morgan fingerprint density at radius 2 is 2.00 bits per heavy atom. The summed E-state index contributed by atoms with van der Waals surface area (Å²) in [6, 6.07) is 17.7. The molecule has 3 aromatic rings. The van der Waals surface area contributed by atoms with Crippen LogP contribution in [0.15, 0.2) is 67.0 Å². The summed E-state index contributed by atoms with van der Waals surface area (Å²) in [5, 5.41) is 10.1. The maximum Gasteiger partial charge on any atom is 0.232 e. The molecule has 0 aliphatic carbocycles. The van der Waals surface area contributed by atoms with Crippen LogP contribution in [0.25, 0.3) is 10.8 Å². The molecule has 0 aliphatic rings. The smallest absolute Gasteiger partial charge is 0.232 e. The molecule has 0 spiro atoms. The molecule has 2 aromatic carbocycles. The Morgan fingerprint density at radius 3 is 2.74 bits per heavy atom. The third-order valence-corrected chi connectivity index (χ3v) is 4.38. The van der Waals surface area contributed by atoms with E-state index in [0.29, 0.717) is 17.2 Å². The van der Waals surface area contributed by atoms with E-state index in [9.17, 15) is 4.79 Å². The van der Waals surface area contributed by atoms with Gasteiger partial charge in [0.1, 0.15) is 0 Å². The predicted molar refractivity (Wildman–Crippen MR) is 112 cm³/mol. The largest absolute Gasteiger partial charge is 0.346 e. The lowest BCUT2D eigenvalue weighted by Crippen LogP contribution is -2.53. The maximum absolute atomic E-state index is 11.6. The molecule has 1 atom stereocenters. The summed E-state index contributed by atoms with van der Waals surface area (Å²) in [6.07, 6.45) is 4.89. The van der Waals surface area contributed by atoms with Crippen molar-refractivity contribution >= 4 is 40.2 Å². The zero-order chi connectivity index (χ0) is 19.1. The van der Waals surface area contributed by atoms with Crippen LogP contribution >= 0.6 is 12.2 Å². The van der Waals surface area contributed by atoms with E-state index >= 15 is 0 Å². The van der Waals surface area contributed by atoms with E-state index in [1.165, 1.54) is 10.6 Å². The number of aromatic nitrogens is 1. The number of hydrogen-bond acceptors (Lipinski definition) is 4. The Labute approximate surface area is 163 Å². The van der Waals surface area contributed by atoms with Gasteiger partial charge in [-0.25, -0.2) is 5.01 Å². The van der Waals surface area contributed by atoms with Gasteiger partial charge in [-0.1, -0.05) is 36.4 Å². The average Bonchev–Trinajstić information content (AvgIpc) is 2.72. The lowest BCUT2D eigenvalue weighted by Gasteiger charge is -2.25. The van der Waals surface area contributed by atoms with Crippen LogP contribution in [0, 0.1) is 0 Å². The summed E-state index contributed by atoms with van der Waals surface area (Å²) in [5.41, 5.74) is 4.80. The van der Waals surface area contributed by atoms with Crippen LogP contribution in [0.1, 0.15) is 5.56 Å². The number of fused-ring (bicyclic) bond motifs is 1. The summed E-state index contributed by atoms with van der Waals surface area (Å²) >= 11 is 5.38. The molecule has 6 nitrogen and oxygen atoms in total. The molecule has 1 amide bonds. The van der Waals surface area contributed by atoms with Crippen LogP contribution in [0.3, 0.4) is 0 Å². The van der Waals surface area contributed by atoms with Gasteiger partial charge >= 0.3 is 0 Å². The molecule has 0 saturated carbocycles. The molecule has 3 N–H and O–H groups in total. The minimum atomic E-state index is -0.0661. The van der Waals surface area contributed by atoms with Gasteiger partial charge < -0.3 is 10.6 Å². The van der Waals surface area contributed by atoms with Gasteiger partial charge in [-0.3, -0.25) is 15.2 Å². The zero-order valence-corrected chi connectivity index (χ0v) is 15.7. The van der Waals surface area contributed by atoms with Crippen molar-refractivity contribution in [1.29, 1.82) is 0 Å². The molecule has 1 unspecified atom stereocenters. The van der Waals surface area contributed by atoms with Crippen LogP contribution in [-0.2, 0) is 11.2 Å². The van der Waals surface area contributed by atoms with E-state index in [1.54, 1.807) is 12.4 Å². The molecule has 0 aliphatic heterocycles. The second-order valence-corrected chi connectivity index (χ2v) is 6.41. The van der Waals surface area contributed by atoms with Gasteiger partial charge in [-0.2, -0.15) is 0 Å². The van der Waals surface area contributed by atoms with Crippen molar-refractivity contribution < 1.29 is 4.79 Å². The number of hydrazine groups is 1. The first-order valence-electron chi connectivity index (χ1n) is 8.56. The molecule has 7 heteroatoms. The van der Waals surface area contributed by atoms with Crippen LogP contribution in [-0.4, -0.2) is 29.7 Å². The molecular weight excluding hydrogens is 358 g/mol. The third kappa shape index (κ3) is 4.99. The molecule has 0 bridgehead atoms. The summed E-state index contributed by atoms with van der Waals surface area (Å²) in [7, 11) is 1.86. The Bertz CT molecular complexity index is 918. The van der Waals surface area contributed by atoms with Crippen molar-refractivity contribution in [1.82, 2.24) is 21.0 Å². The quantitative estimate of drug-likeness (QED) is 0.253. The van der Waals surface area contributed by atoms with E-state index in [0.717, 1.165) is 17.2 Å². The summed E-state index contributed by atoms with van der Waals surface area (Å²) < 4.78 is 0. The Kier molecular flexibility index (Phi) is 6.30. The van der Waals surface area contributed by atoms with Crippen molar-refractivity contribution in [3.63, 3.8) is 0 Å². The van der Waals surface area contributed by atoms with Crippen molar-refractivity contribution in [2.75, 3.05) is 12.1 Å². The van der Waals surface area contributed by atoms with Gasteiger partial charge in [0, 0.05) is 24.2 Å². The van der Waals surface area contributed by atoms with Gasteiger partial charge in [0.05, 0.1) is 11.9 Å². The van der Waals surface area contributed by atoms with Crippen LogP contribution < -0.4 is 21.1 Å². The van der Waals surface area contributed by atoms with E-state index in [-0.39, 0.29) is 6.17 Å². The fraction of sp³-hybridized carbons (Fsp3) is 0.150. The normalized spacial score (nSPS) is 11.6. The van der Waals surface area contributed by atoms with Crippen LogP contribution in [0.2, 0.25) is 0 Å². The van der Waals surface area contributed by atoms with Crippen molar-refractivity contribution in [2.45, 2.75) is 12.6 Å². The molecule has 138 valence electrons. The number of pyridine rings is 1. The van der Waals surface area contributed by atoms with Crippen LogP contribution in [0.4, 0.5) is 5.69 Å². The molecule has 0 saturated heterocycles. The highest BCUT2D eigenvalue weighted by molar-refractivity contribution is 7.80. The standard InChI is InChI=1S/C20H21N5OS/c1-21-19(11-15-5-3-2-4-6-15)23-20(27)24-25(14-26)18-8-7-17-13-22-10-9-16(17)12-18/h2-10,12-14,19,21H,11H2,1H3,(H2,23,24,27). The monoisotopic (exact) mass is 379 g/mol. The molecule has 1 heterocycles. The fourth-order valence-electron chi connectivity index (χ4n) is 2.75. The molecule has 0 fully saturated rings. The van der Waals surface area contributed by atoms with Gasteiger partial charge in [0.25, 0.3) is 0 Å². The number of nitrogens with one attached hydrogen (secondary N) is 3. The lowest BCUT2D eigenvalue weighted by molar-refractivity contribution is -0.107. The number of thiocarbonyl (C=S) groups is 1. The highest BCUT2D eigenvalue weighted by atomic mass is 32.1. The summed E-state index contributed by atoms with van der Waals surface area (Å²) in [4.78, 5) is 15.7. The van der Waals surface area contributed by atoms with Gasteiger partial charge in [-0.05, 0) is 48.4 Å². The second kappa shape index (κ2) is 9.07. The third-order valence-electron chi connectivity index (χ3n) is 4.17. The summed E-state index contributed by atoms with van der Waals surface area (Å²) in [6.45, 7) is 0. The van der Waals surface area contributed by atoms with Crippen molar-refractivity contribution in [3.05, 3.63) is 72.6 Å². The Balaban J connectivity index is 1.65. The number of carbonyl (C=O) groups is 1. The van der Waals surface area contributed by atoms with Crippen LogP contribution in [0.5, 0.6) is 0 Å². The first kappa shape index (κ1) is 18.8. The topological polar surface area (TPSA) is 69.3 Å². The molecule has 27 heavy (non-hydrogen) atoms. The van der Waals surface area contributed by atoms with E-state index in [4.69, 9.17) is 12.2 Å². The van der Waals surface area contributed by atoms with Gasteiger partial charge in [-0.15, -0.1) is 0 Å². The number of rotatable bonds is 7. The first-order valence-corrected chi connectivity index (χ1v) is 8.97. The number of benzene rings is 2. The zero-order valence-electron chi connectivity index (χ0n) is 14.9. The molecule has 1 aromatic heterocycles. The summed E-state index contributed by atoms with van der Waals surface area (Å²) in [5.74, 6) is 0. The fourth-order valence-corrected chi connectivity index (χ4v) is 2.99. The number of carbonyl (C=O) groups excluding carboxylic acids is 1. The maximum atomic E-state index is 11.6. The number of hydrogen-bond donors (Lipinski definition) is 3. The molecular formula is C20H21N5OS. The predicted octanol–water partition coefficient (Wildman–Crippen LogP) is 2.36. The SMILES string of the molecule is CNC(Cc1ccccc1)NC(=S)NN(C=O)c1ccc2cnccc2c1. The average molecular weight is 379 g/mol. The van der Waals surface area contributed by atoms with Gasteiger partial charge in [0.15, 0.2) is 5.11 Å². The number of likely N-dealkylation sites (N-methyl/N-ethyl adjacent to an activating group) is 1.